The number of hydrogen-bond donors (Lipinski definition) is 4. The molecule has 0 bridgehead atoms. The average molecular weight is 341 g/mol. The molecule has 0 aliphatic carbocycles. The van der Waals surface area contributed by atoms with Crippen LogP contribution in [-0.2, 0) is 4.79 Å². The first kappa shape index (κ1) is 17.3. The Balaban J connectivity index is 1.68. The van der Waals surface area contributed by atoms with Crippen molar-refractivity contribution in [2.24, 2.45) is 0 Å². The molecular weight excluding hydrogens is 318 g/mol. The van der Waals surface area contributed by atoms with Crippen LogP contribution in [0.15, 0.2) is 36.4 Å². The van der Waals surface area contributed by atoms with Crippen LogP contribution in [-0.4, -0.2) is 24.2 Å². The fraction of sp³-hybridized carbons (Fsp3) is 0.316. The Labute approximate surface area is 147 Å². The van der Waals surface area contributed by atoms with Crippen molar-refractivity contribution < 1.29 is 14.6 Å². The lowest BCUT2D eigenvalue weighted by Gasteiger charge is -2.14. The molecule has 2 unspecified atom stereocenters. The number of carbonyl (C=O) groups is 1. The minimum absolute atomic E-state index is 0.125. The van der Waals surface area contributed by atoms with E-state index in [9.17, 15) is 9.90 Å². The zero-order chi connectivity index (χ0) is 18.0. The number of phenolic OH excluding ortho intramolecular Hbond substituents is 1. The summed E-state index contributed by atoms with van der Waals surface area (Å²) in [5, 5.41) is 13.1. The number of benzene rings is 2. The molecule has 132 valence electrons. The highest BCUT2D eigenvalue weighted by atomic mass is 16.5. The number of phenols is 1. The van der Waals surface area contributed by atoms with E-state index < -0.39 is 6.04 Å². The Morgan fingerprint density at radius 1 is 1.20 bits per heavy atom. The molecule has 2 aromatic rings. The van der Waals surface area contributed by atoms with Crippen LogP contribution < -0.4 is 20.9 Å². The third kappa shape index (κ3) is 3.75. The molecule has 0 aromatic heterocycles. The van der Waals surface area contributed by atoms with E-state index in [0.717, 1.165) is 16.7 Å². The maximum atomic E-state index is 12.5. The molecule has 0 radical (unpaired) electrons. The highest BCUT2D eigenvalue weighted by molar-refractivity contribution is 5.95. The highest BCUT2D eigenvalue weighted by Crippen LogP contribution is 2.32. The number of rotatable bonds is 4. The average Bonchev–Trinajstić information content (AvgIpc) is 3.08. The first-order chi connectivity index (χ1) is 12.0. The van der Waals surface area contributed by atoms with Gasteiger partial charge in [-0.2, -0.15) is 0 Å². The van der Waals surface area contributed by atoms with Crippen molar-refractivity contribution in [3.05, 3.63) is 53.1 Å². The van der Waals surface area contributed by atoms with Crippen LogP contribution >= 0.6 is 0 Å². The van der Waals surface area contributed by atoms with Gasteiger partial charge < -0.3 is 15.2 Å². The largest absolute Gasteiger partial charge is 0.508 e. The second kappa shape index (κ2) is 7.13. The van der Waals surface area contributed by atoms with Crippen molar-refractivity contribution in [2.45, 2.75) is 32.4 Å². The molecular formula is C19H23N3O3. The van der Waals surface area contributed by atoms with Gasteiger partial charge in [-0.15, -0.1) is 0 Å². The van der Waals surface area contributed by atoms with Crippen LogP contribution in [0.4, 0.5) is 5.69 Å². The van der Waals surface area contributed by atoms with Gasteiger partial charge in [0.1, 0.15) is 17.5 Å². The SMILES string of the molecule is COc1cccc(NC(=O)C2CC(c3cc(C)c(C)cc3O)NN2)c1. The smallest absolute Gasteiger partial charge is 0.242 e. The number of hydrogen-bond acceptors (Lipinski definition) is 5. The van der Waals surface area contributed by atoms with Gasteiger partial charge >= 0.3 is 0 Å². The number of amides is 1. The first-order valence-electron chi connectivity index (χ1n) is 8.24. The molecule has 25 heavy (non-hydrogen) atoms. The summed E-state index contributed by atoms with van der Waals surface area (Å²) in [4.78, 5) is 12.5. The molecule has 6 nitrogen and oxygen atoms in total. The number of methoxy groups -OCH3 is 1. The van der Waals surface area contributed by atoms with E-state index in [2.05, 4.69) is 16.2 Å². The van der Waals surface area contributed by atoms with Crippen LogP contribution in [0.3, 0.4) is 0 Å². The van der Waals surface area contributed by atoms with Gasteiger partial charge in [0, 0.05) is 17.3 Å². The molecule has 1 saturated heterocycles. The maximum absolute atomic E-state index is 12.5. The van der Waals surface area contributed by atoms with Crippen molar-refractivity contribution in [1.82, 2.24) is 10.9 Å². The highest BCUT2D eigenvalue weighted by Gasteiger charge is 2.31. The van der Waals surface area contributed by atoms with E-state index in [-0.39, 0.29) is 17.7 Å². The van der Waals surface area contributed by atoms with E-state index in [1.165, 1.54) is 0 Å². The van der Waals surface area contributed by atoms with Crippen molar-refractivity contribution in [2.75, 3.05) is 12.4 Å². The Bertz CT molecular complexity index is 791. The lowest BCUT2D eigenvalue weighted by molar-refractivity contribution is -0.117. The van der Waals surface area contributed by atoms with Gasteiger partial charge in [-0.1, -0.05) is 12.1 Å². The lowest BCUT2D eigenvalue weighted by atomic mass is 9.97. The monoisotopic (exact) mass is 341 g/mol. The van der Waals surface area contributed by atoms with Gasteiger partial charge in [0.25, 0.3) is 0 Å². The third-order valence-electron chi connectivity index (χ3n) is 4.58. The normalized spacial score (nSPS) is 19.6. The zero-order valence-electron chi connectivity index (χ0n) is 14.6. The number of ether oxygens (including phenoxy) is 1. The van der Waals surface area contributed by atoms with Crippen LogP contribution in [0.2, 0.25) is 0 Å². The predicted molar refractivity (Wildman–Crippen MR) is 96.6 cm³/mol. The van der Waals surface area contributed by atoms with Crippen molar-refractivity contribution in [1.29, 1.82) is 0 Å². The number of anilines is 1. The van der Waals surface area contributed by atoms with Gasteiger partial charge in [-0.25, -0.2) is 10.9 Å². The summed E-state index contributed by atoms with van der Waals surface area (Å²) >= 11 is 0. The van der Waals surface area contributed by atoms with Crippen LogP contribution in [0.1, 0.15) is 29.2 Å². The van der Waals surface area contributed by atoms with Gasteiger partial charge in [0.2, 0.25) is 5.91 Å². The fourth-order valence-corrected chi connectivity index (χ4v) is 2.96. The first-order valence-corrected chi connectivity index (χ1v) is 8.24. The molecule has 1 fully saturated rings. The van der Waals surface area contributed by atoms with E-state index >= 15 is 0 Å². The third-order valence-corrected chi connectivity index (χ3v) is 4.58. The molecule has 2 aromatic carbocycles. The molecule has 1 heterocycles. The summed E-state index contributed by atoms with van der Waals surface area (Å²) in [6.07, 6.45) is 0.547. The molecule has 0 spiro atoms. The van der Waals surface area contributed by atoms with E-state index in [1.54, 1.807) is 19.2 Å². The lowest BCUT2D eigenvalue weighted by Crippen LogP contribution is -2.39. The summed E-state index contributed by atoms with van der Waals surface area (Å²) in [6, 6.07) is 10.4. The fourth-order valence-electron chi connectivity index (χ4n) is 2.96. The molecule has 0 saturated carbocycles. The Hall–Kier alpha value is -2.57. The number of nitrogens with one attached hydrogen (secondary N) is 3. The number of hydrazine groups is 1. The van der Waals surface area contributed by atoms with Gasteiger partial charge in [-0.3, -0.25) is 4.79 Å². The second-order valence-corrected chi connectivity index (χ2v) is 6.35. The topological polar surface area (TPSA) is 82.6 Å². The Morgan fingerprint density at radius 2 is 1.96 bits per heavy atom. The summed E-state index contributed by atoms with van der Waals surface area (Å²) in [5.41, 5.74) is 9.75. The Morgan fingerprint density at radius 3 is 2.72 bits per heavy atom. The van der Waals surface area contributed by atoms with Gasteiger partial charge in [0.05, 0.1) is 13.2 Å². The van der Waals surface area contributed by atoms with Gasteiger partial charge in [0.15, 0.2) is 0 Å². The van der Waals surface area contributed by atoms with E-state index in [0.29, 0.717) is 17.9 Å². The maximum Gasteiger partial charge on any atom is 0.242 e. The van der Waals surface area contributed by atoms with E-state index in [4.69, 9.17) is 4.74 Å². The number of carbonyl (C=O) groups excluding carboxylic acids is 1. The van der Waals surface area contributed by atoms with E-state index in [1.807, 2.05) is 38.1 Å². The minimum Gasteiger partial charge on any atom is -0.508 e. The molecule has 1 aliphatic rings. The summed E-state index contributed by atoms with van der Waals surface area (Å²) in [6.45, 7) is 3.97. The number of aryl methyl sites for hydroxylation is 2. The molecule has 1 aliphatic heterocycles. The Kier molecular flexibility index (Phi) is 4.92. The quantitative estimate of drug-likeness (QED) is 0.687. The van der Waals surface area contributed by atoms with Crippen LogP contribution in [0.5, 0.6) is 11.5 Å². The van der Waals surface area contributed by atoms with Crippen LogP contribution in [0.25, 0.3) is 0 Å². The molecule has 6 heteroatoms. The molecule has 4 N–H and O–H groups in total. The summed E-state index contributed by atoms with van der Waals surface area (Å²) in [7, 11) is 1.59. The van der Waals surface area contributed by atoms with Crippen molar-refractivity contribution >= 4 is 11.6 Å². The molecule has 2 atom stereocenters. The molecule has 3 rings (SSSR count). The summed E-state index contributed by atoms with van der Waals surface area (Å²) in [5.74, 6) is 0.802. The standard InChI is InChI=1S/C19H23N3O3/c1-11-7-15(18(23)8-12(11)2)16-10-17(22-21-16)19(24)20-13-5-4-6-14(9-13)25-3/h4-9,16-17,21-23H,10H2,1-3H3,(H,20,24). The molecule has 1 amide bonds. The van der Waals surface area contributed by atoms with Crippen molar-refractivity contribution in [3.63, 3.8) is 0 Å². The second-order valence-electron chi connectivity index (χ2n) is 6.35. The minimum atomic E-state index is -0.391. The van der Waals surface area contributed by atoms with Crippen LogP contribution in [0, 0.1) is 13.8 Å². The number of aromatic hydroxyl groups is 1. The van der Waals surface area contributed by atoms with Crippen molar-refractivity contribution in [3.8, 4) is 11.5 Å². The zero-order valence-corrected chi connectivity index (χ0v) is 14.6. The van der Waals surface area contributed by atoms with Gasteiger partial charge in [-0.05, 0) is 49.6 Å². The predicted octanol–water partition coefficient (Wildman–Crippen LogP) is 2.56. The summed E-state index contributed by atoms with van der Waals surface area (Å²) < 4.78 is 5.16.